The van der Waals surface area contributed by atoms with Gasteiger partial charge in [0.05, 0.1) is 5.56 Å². The van der Waals surface area contributed by atoms with Gasteiger partial charge in [-0.1, -0.05) is 19.9 Å². The molecule has 3 rings (SSSR count). The van der Waals surface area contributed by atoms with Crippen molar-refractivity contribution in [3.8, 4) is 0 Å². The van der Waals surface area contributed by atoms with Crippen molar-refractivity contribution < 1.29 is 9.59 Å². The molecule has 1 fully saturated rings. The molecule has 1 aliphatic heterocycles. The van der Waals surface area contributed by atoms with Crippen LogP contribution in [0.2, 0.25) is 0 Å². The molecule has 31 heavy (non-hydrogen) atoms. The Morgan fingerprint density at radius 2 is 1.71 bits per heavy atom. The van der Waals surface area contributed by atoms with Gasteiger partial charge in [0, 0.05) is 44.1 Å². The van der Waals surface area contributed by atoms with Crippen LogP contribution in [0.25, 0.3) is 0 Å². The molecule has 3 heterocycles. The molecule has 0 saturated carbocycles. The molecule has 7 nitrogen and oxygen atoms in total. The maximum Gasteiger partial charge on any atom is 0.254 e. The van der Waals surface area contributed by atoms with Gasteiger partial charge in [0.15, 0.2) is 5.78 Å². The second kappa shape index (κ2) is 10.5. The van der Waals surface area contributed by atoms with Crippen molar-refractivity contribution in [3.05, 3.63) is 47.5 Å². The van der Waals surface area contributed by atoms with E-state index in [-0.39, 0.29) is 17.7 Å². The Kier molecular flexibility index (Phi) is 7.71. The lowest BCUT2D eigenvalue weighted by Crippen LogP contribution is -2.35. The summed E-state index contributed by atoms with van der Waals surface area (Å²) in [6, 6.07) is 3.93. The summed E-state index contributed by atoms with van der Waals surface area (Å²) >= 11 is 0. The van der Waals surface area contributed by atoms with Crippen molar-refractivity contribution in [2.45, 2.75) is 65.3 Å². The molecule has 1 amide bonds. The quantitative estimate of drug-likeness (QED) is 0.646. The van der Waals surface area contributed by atoms with E-state index in [0.717, 1.165) is 37.9 Å². The van der Waals surface area contributed by atoms with Gasteiger partial charge in [0.1, 0.15) is 5.69 Å². The molecule has 0 atom stereocenters. The zero-order valence-corrected chi connectivity index (χ0v) is 19.0. The molecule has 166 valence electrons. The van der Waals surface area contributed by atoms with Crippen LogP contribution in [-0.4, -0.2) is 45.8 Å². The number of hydrogen-bond acceptors (Lipinski definition) is 6. The second-order valence-electron chi connectivity index (χ2n) is 8.92. The number of amides is 1. The van der Waals surface area contributed by atoms with E-state index >= 15 is 0 Å². The zero-order chi connectivity index (χ0) is 22.4. The van der Waals surface area contributed by atoms with Crippen LogP contribution in [0.15, 0.2) is 30.7 Å². The number of nitrogens with one attached hydrogen (secondary N) is 1. The predicted molar refractivity (Wildman–Crippen MR) is 121 cm³/mol. The van der Waals surface area contributed by atoms with E-state index in [1.165, 1.54) is 0 Å². The maximum atomic E-state index is 12.5. The zero-order valence-electron chi connectivity index (χ0n) is 19.0. The monoisotopic (exact) mass is 423 g/mol. The van der Waals surface area contributed by atoms with Crippen molar-refractivity contribution in [2.24, 2.45) is 5.92 Å². The van der Waals surface area contributed by atoms with E-state index in [4.69, 9.17) is 0 Å². The molecule has 0 radical (unpaired) electrons. The summed E-state index contributed by atoms with van der Waals surface area (Å²) in [5.74, 6) is 1.56. The van der Waals surface area contributed by atoms with Crippen molar-refractivity contribution in [2.75, 3.05) is 18.0 Å². The minimum absolute atomic E-state index is 0.0771. The Hall–Kier alpha value is -2.83. The predicted octanol–water partition coefficient (Wildman–Crippen LogP) is 4.01. The number of ketones is 1. The minimum Gasteiger partial charge on any atom is -0.350 e. The number of Topliss-reactive ketones (excluding diaryl/α,β-unsaturated/α-hetero) is 1. The SMILES string of the molecule is CC(C)NC(=O)c1cnc(N2CCC(CCC(=O)c3ccc(C(C)C)cn3)CC2)nc1. The first-order chi connectivity index (χ1) is 14.8. The third kappa shape index (κ3) is 6.32. The van der Waals surface area contributed by atoms with Gasteiger partial charge in [0.2, 0.25) is 5.95 Å². The summed E-state index contributed by atoms with van der Waals surface area (Å²) in [4.78, 5) is 39.8. The summed E-state index contributed by atoms with van der Waals surface area (Å²) in [6.45, 7) is 9.80. The fourth-order valence-corrected chi connectivity index (χ4v) is 3.74. The summed E-state index contributed by atoms with van der Waals surface area (Å²) in [5, 5.41) is 2.84. The lowest BCUT2D eigenvalue weighted by molar-refractivity contribution is 0.0939. The average Bonchev–Trinajstić information content (AvgIpc) is 2.77. The summed E-state index contributed by atoms with van der Waals surface area (Å²) in [6.07, 6.45) is 8.42. The van der Waals surface area contributed by atoms with E-state index < -0.39 is 0 Å². The van der Waals surface area contributed by atoms with Gasteiger partial charge in [-0.15, -0.1) is 0 Å². The van der Waals surface area contributed by atoms with Gasteiger partial charge in [-0.05, 0) is 56.6 Å². The van der Waals surface area contributed by atoms with Gasteiger partial charge in [-0.3, -0.25) is 14.6 Å². The Morgan fingerprint density at radius 1 is 1.03 bits per heavy atom. The van der Waals surface area contributed by atoms with Gasteiger partial charge >= 0.3 is 0 Å². The number of piperidine rings is 1. The number of carbonyl (C=O) groups is 2. The molecule has 1 aliphatic rings. The average molecular weight is 424 g/mol. The van der Waals surface area contributed by atoms with E-state index in [2.05, 4.69) is 39.0 Å². The molecule has 2 aromatic rings. The molecular weight excluding hydrogens is 390 g/mol. The standard InChI is InChI=1S/C24H33N5O2/c1-16(2)19-6-7-21(25-13-19)22(30)8-5-18-9-11-29(12-10-18)24-26-14-20(15-27-24)23(31)28-17(3)4/h6-7,13-18H,5,8-12H2,1-4H3,(H,28,31). The van der Waals surface area contributed by atoms with Crippen LogP contribution < -0.4 is 10.2 Å². The fourth-order valence-electron chi connectivity index (χ4n) is 3.74. The summed E-state index contributed by atoms with van der Waals surface area (Å²) < 4.78 is 0. The summed E-state index contributed by atoms with van der Waals surface area (Å²) in [5.41, 5.74) is 2.19. The van der Waals surface area contributed by atoms with Crippen molar-refractivity contribution in [1.82, 2.24) is 20.3 Å². The Bertz CT molecular complexity index is 870. The molecule has 7 heteroatoms. The Labute approximate surface area is 184 Å². The van der Waals surface area contributed by atoms with Gasteiger partial charge in [0.25, 0.3) is 5.91 Å². The largest absolute Gasteiger partial charge is 0.350 e. The Morgan fingerprint density at radius 3 is 2.26 bits per heavy atom. The minimum atomic E-state index is -0.154. The highest BCUT2D eigenvalue weighted by Crippen LogP contribution is 2.25. The molecule has 0 aromatic carbocycles. The van der Waals surface area contributed by atoms with Gasteiger partial charge < -0.3 is 10.2 Å². The molecule has 1 N–H and O–H groups in total. The topological polar surface area (TPSA) is 88.1 Å². The molecular formula is C24H33N5O2. The third-order valence-corrected chi connectivity index (χ3v) is 5.74. The lowest BCUT2D eigenvalue weighted by atomic mass is 9.91. The highest BCUT2D eigenvalue weighted by atomic mass is 16.1. The number of carbonyl (C=O) groups excluding carboxylic acids is 2. The highest BCUT2D eigenvalue weighted by molar-refractivity contribution is 5.94. The first kappa shape index (κ1) is 22.8. The van der Waals surface area contributed by atoms with Crippen LogP contribution in [0.5, 0.6) is 0 Å². The highest BCUT2D eigenvalue weighted by Gasteiger charge is 2.22. The summed E-state index contributed by atoms with van der Waals surface area (Å²) in [7, 11) is 0. The van der Waals surface area contributed by atoms with Crippen LogP contribution in [0, 0.1) is 5.92 Å². The van der Waals surface area contributed by atoms with E-state index in [0.29, 0.717) is 35.5 Å². The van der Waals surface area contributed by atoms with Crippen molar-refractivity contribution >= 4 is 17.6 Å². The van der Waals surface area contributed by atoms with Gasteiger partial charge in [-0.2, -0.15) is 0 Å². The number of rotatable bonds is 8. The number of anilines is 1. The number of aromatic nitrogens is 3. The molecule has 1 saturated heterocycles. The van der Waals surface area contributed by atoms with Crippen molar-refractivity contribution in [1.29, 1.82) is 0 Å². The van der Waals surface area contributed by atoms with E-state index in [1.54, 1.807) is 12.4 Å². The first-order valence-corrected chi connectivity index (χ1v) is 11.2. The Balaban J connectivity index is 1.45. The molecule has 2 aromatic heterocycles. The second-order valence-corrected chi connectivity index (χ2v) is 8.92. The molecule has 0 bridgehead atoms. The third-order valence-electron chi connectivity index (χ3n) is 5.74. The van der Waals surface area contributed by atoms with Crippen molar-refractivity contribution in [3.63, 3.8) is 0 Å². The van der Waals surface area contributed by atoms with E-state index in [9.17, 15) is 9.59 Å². The number of pyridine rings is 1. The van der Waals surface area contributed by atoms with Crippen LogP contribution >= 0.6 is 0 Å². The number of hydrogen-bond donors (Lipinski definition) is 1. The fraction of sp³-hybridized carbons (Fsp3) is 0.542. The number of nitrogens with zero attached hydrogens (tertiary/aromatic N) is 4. The molecule has 0 unspecified atom stereocenters. The molecule has 0 spiro atoms. The maximum absolute atomic E-state index is 12.5. The van der Waals surface area contributed by atoms with Crippen LogP contribution in [0.4, 0.5) is 5.95 Å². The van der Waals surface area contributed by atoms with Crippen LogP contribution in [-0.2, 0) is 0 Å². The van der Waals surface area contributed by atoms with E-state index in [1.807, 2.05) is 32.2 Å². The first-order valence-electron chi connectivity index (χ1n) is 11.2. The van der Waals surface area contributed by atoms with Crippen LogP contribution in [0.3, 0.4) is 0 Å². The smallest absolute Gasteiger partial charge is 0.254 e. The van der Waals surface area contributed by atoms with Crippen LogP contribution in [0.1, 0.15) is 85.7 Å². The van der Waals surface area contributed by atoms with Gasteiger partial charge in [-0.25, -0.2) is 9.97 Å². The normalized spacial score (nSPS) is 14.8. The molecule has 0 aliphatic carbocycles. The lowest BCUT2D eigenvalue weighted by Gasteiger charge is -2.31.